The number of nitrogens with zero attached hydrogens (tertiary/aromatic N) is 1. The average Bonchev–Trinajstić information content (AvgIpc) is 2.60. The van der Waals surface area contributed by atoms with Crippen LogP contribution in [0.15, 0.2) is 60.1 Å². The maximum Gasteiger partial charge on any atom is 0.161 e. The third kappa shape index (κ3) is 4.99. The van der Waals surface area contributed by atoms with E-state index in [0.717, 1.165) is 29.2 Å². The molecular weight excluding hydrogens is 286 g/mol. The van der Waals surface area contributed by atoms with Crippen LogP contribution in [-0.2, 0) is 6.42 Å². The maximum absolute atomic E-state index is 5.64. The van der Waals surface area contributed by atoms with E-state index in [-0.39, 0.29) is 0 Å². The molecule has 2 aromatic rings. The lowest BCUT2D eigenvalue weighted by Crippen LogP contribution is -1.99. The molecule has 2 aromatic carbocycles. The van der Waals surface area contributed by atoms with Gasteiger partial charge in [0.05, 0.1) is 12.3 Å². The van der Waals surface area contributed by atoms with E-state index >= 15 is 0 Å². The van der Waals surface area contributed by atoms with E-state index in [1.807, 2.05) is 43.5 Å². The summed E-state index contributed by atoms with van der Waals surface area (Å²) >= 11 is 0. The summed E-state index contributed by atoms with van der Waals surface area (Å²) in [6.45, 7) is 8.79. The van der Waals surface area contributed by atoms with Crippen molar-refractivity contribution in [2.24, 2.45) is 4.99 Å². The second-order valence-corrected chi connectivity index (χ2v) is 5.02. The first-order chi connectivity index (χ1) is 11.3. The van der Waals surface area contributed by atoms with Crippen molar-refractivity contribution in [1.82, 2.24) is 0 Å². The number of hydrogen-bond donors (Lipinski definition) is 0. The van der Waals surface area contributed by atoms with Crippen molar-refractivity contribution in [2.75, 3.05) is 13.2 Å². The van der Waals surface area contributed by atoms with Gasteiger partial charge in [0.25, 0.3) is 0 Å². The molecule has 0 radical (unpaired) electrons. The minimum atomic E-state index is 0.456. The minimum absolute atomic E-state index is 0.456. The summed E-state index contributed by atoms with van der Waals surface area (Å²) in [4.78, 5) is 4.51. The van der Waals surface area contributed by atoms with E-state index in [2.05, 4.69) is 30.6 Å². The zero-order valence-electron chi connectivity index (χ0n) is 13.8. The zero-order valence-corrected chi connectivity index (χ0v) is 13.8. The first-order valence-electron chi connectivity index (χ1n) is 7.90. The lowest BCUT2D eigenvalue weighted by Gasteiger charge is -2.11. The molecule has 0 aliphatic heterocycles. The van der Waals surface area contributed by atoms with Crippen molar-refractivity contribution >= 4 is 11.9 Å². The minimum Gasteiger partial charge on any atom is -0.490 e. The molecule has 0 saturated heterocycles. The van der Waals surface area contributed by atoms with E-state index in [1.54, 1.807) is 6.08 Å². The number of hydrogen-bond acceptors (Lipinski definition) is 3. The van der Waals surface area contributed by atoms with Gasteiger partial charge in [-0.3, -0.25) is 4.99 Å². The van der Waals surface area contributed by atoms with E-state index in [9.17, 15) is 0 Å². The van der Waals surface area contributed by atoms with Crippen molar-refractivity contribution in [3.05, 3.63) is 66.2 Å². The number of aliphatic imine (C=N–C) groups is 1. The quantitative estimate of drug-likeness (QED) is 0.509. The van der Waals surface area contributed by atoms with Gasteiger partial charge in [-0.15, -0.1) is 0 Å². The third-order valence-electron chi connectivity index (χ3n) is 3.33. The van der Waals surface area contributed by atoms with Crippen molar-refractivity contribution < 1.29 is 9.47 Å². The van der Waals surface area contributed by atoms with Crippen LogP contribution in [0.2, 0.25) is 0 Å². The van der Waals surface area contributed by atoms with Gasteiger partial charge in [-0.2, -0.15) is 0 Å². The molecule has 0 unspecified atom stereocenters. The lowest BCUT2D eigenvalue weighted by molar-refractivity contribution is 0.297. The topological polar surface area (TPSA) is 30.8 Å². The molecular formula is C20H23NO2. The summed E-state index contributed by atoms with van der Waals surface area (Å²) in [5.41, 5.74) is 3.22. The van der Waals surface area contributed by atoms with Crippen LogP contribution in [0.1, 0.15) is 25.0 Å². The van der Waals surface area contributed by atoms with Gasteiger partial charge in [-0.25, -0.2) is 0 Å². The summed E-state index contributed by atoms with van der Waals surface area (Å²) in [6, 6.07) is 14.1. The van der Waals surface area contributed by atoms with E-state index in [0.29, 0.717) is 13.2 Å². The molecule has 0 heterocycles. The Morgan fingerprint density at radius 3 is 2.43 bits per heavy atom. The Kier molecular flexibility index (Phi) is 6.42. The predicted molar refractivity (Wildman–Crippen MR) is 96.4 cm³/mol. The smallest absolute Gasteiger partial charge is 0.161 e. The van der Waals surface area contributed by atoms with E-state index in [1.165, 1.54) is 5.56 Å². The molecule has 0 fully saturated rings. The fourth-order valence-electron chi connectivity index (χ4n) is 2.11. The Hall–Kier alpha value is -2.55. The van der Waals surface area contributed by atoms with Crippen LogP contribution in [0.3, 0.4) is 0 Å². The van der Waals surface area contributed by atoms with Gasteiger partial charge in [-0.05, 0) is 54.8 Å². The molecule has 0 aliphatic carbocycles. The number of aryl methyl sites for hydroxylation is 1. The largest absolute Gasteiger partial charge is 0.490 e. The van der Waals surface area contributed by atoms with Crippen LogP contribution in [0.25, 0.3) is 0 Å². The fraction of sp³-hybridized carbons (Fsp3) is 0.250. The van der Waals surface area contributed by atoms with Crippen LogP contribution in [0.4, 0.5) is 5.69 Å². The van der Waals surface area contributed by atoms with E-state index < -0.39 is 0 Å². The van der Waals surface area contributed by atoms with Gasteiger partial charge < -0.3 is 9.47 Å². The molecule has 0 bridgehead atoms. The molecule has 0 aliphatic rings. The number of ether oxygens (including phenoxy) is 2. The van der Waals surface area contributed by atoms with Gasteiger partial charge in [-0.1, -0.05) is 31.7 Å². The molecule has 3 heteroatoms. The lowest BCUT2D eigenvalue weighted by atomic mass is 10.1. The predicted octanol–water partition coefficient (Wildman–Crippen LogP) is 4.96. The Labute approximate surface area is 138 Å². The zero-order chi connectivity index (χ0) is 16.5. The van der Waals surface area contributed by atoms with Gasteiger partial charge in [0.2, 0.25) is 0 Å². The third-order valence-corrected chi connectivity index (χ3v) is 3.33. The summed E-state index contributed by atoms with van der Waals surface area (Å²) < 4.78 is 11.2. The summed E-state index contributed by atoms with van der Waals surface area (Å²) in [5.74, 6) is 1.44. The number of benzene rings is 2. The summed E-state index contributed by atoms with van der Waals surface area (Å²) in [5, 5.41) is 0. The molecule has 0 atom stereocenters. The normalized spacial score (nSPS) is 10.7. The summed E-state index contributed by atoms with van der Waals surface area (Å²) in [7, 11) is 0. The first-order valence-corrected chi connectivity index (χ1v) is 7.90. The summed E-state index contributed by atoms with van der Waals surface area (Å²) in [6.07, 6.45) is 4.58. The van der Waals surface area contributed by atoms with Crippen LogP contribution in [-0.4, -0.2) is 19.4 Å². The maximum atomic E-state index is 5.64. The average molecular weight is 309 g/mol. The Bertz CT molecular complexity index is 660. The van der Waals surface area contributed by atoms with Crippen molar-refractivity contribution in [2.45, 2.75) is 20.3 Å². The Balaban J connectivity index is 2.16. The van der Waals surface area contributed by atoms with Crippen LogP contribution in [0, 0.1) is 0 Å². The Morgan fingerprint density at radius 1 is 1.00 bits per heavy atom. The van der Waals surface area contributed by atoms with E-state index in [4.69, 9.17) is 9.47 Å². The molecule has 0 spiro atoms. The Morgan fingerprint density at radius 2 is 1.78 bits per heavy atom. The second kappa shape index (κ2) is 8.79. The molecule has 120 valence electrons. The number of rotatable bonds is 8. The highest BCUT2D eigenvalue weighted by atomic mass is 16.5. The molecule has 0 aromatic heterocycles. The highest BCUT2D eigenvalue weighted by Crippen LogP contribution is 2.28. The van der Waals surface area contributed by atoms with Gasteiger partial charge in [0, 0.05) is 6.21 Å². The van der Waals surface area contributed by atoms with Crippen LogP contribution in [0.5, 0.6) is 11.5 Å². The molecule has 0 saturated carbocycles. The van der Waals surface area contributed by atoms with Gasteiger partial charge in [0.1, 0.15) is 6.61 Å². The van der Waals surface area contributed by atoms with Gasteiger partial charge in [0.15, 0.2) is 11.5 Å². The molecule has 23 heavy (non-hydrogen) atoms. The molecule has 2 rings (SSSR count). The first kappa shape index (κ1) is 16.8. The second-order valence-electron chi connectivity index (χ2n) is 5.02. The SMILES string of the molecule is C=CCOc1ccc(C=Nc2ccc(CC)cc2)cc1OCC. The monoisotopic (exact) mass is 309 g/mol. The van der Waals surface area contributed by atoms with Gasteiger partial charge >= 0.3 is 0 Å². The fourth-order valence-corrected chi connectivity index (χ4v) is 2.11. The molecule has 0 N–H and O–H groups in total. The molecule has 0 amide bonds. The van der Waals surface area contributed by atoms with Crippen LogP contribution < -0.4 is 9.47 Å². The standard InChI is InChI=1S/C20H23NO2/c1-4-13-23-19-12-9-17(14-20(19)22-6-3)15-21-18-10-7-16(5-2)8-11-18/h4,7-12,14-15H,1,5-6,13H2,2-3H3. The van der Waals surface area contributed by atoms with Crippen LogP contribution >= 0.6 is 0 Å². The van der Waals surface area contributed by atoms with Crippen molar-refractivity contribution in [3.63, 3.8) is 0 Å². The van der Waals surface area contributed by atoms with Crippen molar-refractivity contribution in [3.8, 4) is 11.5 Å². The van der Waals surface area contributed by atoms with Crippen molar-refractivity contribution in [1.29, 1.82) is 0 Å². The highest BCUT2D eigenvalue weighted by Gasteiger charge is 2.05. The highest BCUT2D eigenvalue weighted by molar-refractivity contribution is 5.83. The molecule has 3 nitrogen and oxygen atoms in total.